The van der Waals surface area contributed by atoms with Crippen LogP contribution in [0.5, 0.6) is 0 Å². The van der Waals surface area contributed by atoms with Gasteiger partial charge in [0.25, 0.3) is 0 Å². The maximum atomic E-state index is 12.8. The van der Waals surface area contributed by atoms with Crippen LogP contribution in [0.2, 0.25) is 5.02 Å². The summed E-state index contributed by atoms with van der Waals surface area (Å²) in [6.45, 7) is 1.79. The summed E-state index contributed by atoms with van der Waals surface area (Å²) in [5, 5.41) is 7.59. The summed E-state index contributed by atoms with van der Waals surface area (Å²) < 4.78 is 1.72. The zero-order valence-corrected chi connectivity index (χ0v) is 17.6. The summed E-state index contributed by atoms with van der Waals surface area (Å²) in [5.41, 5.74) is 2.82. The van der Waals surface area contributed by atoms with E-state index in [1.165, 1.54) is 4.90 Å². The maximum absolute atomic E-state index is 12.8. The Hall–Kier alpha value is -3.71. The Labute approximate surface area is 184 Å². The molecule has 0 aliphatic heterocycles. The first-order valence-corrected chi connectivity index (χ1v) is 10.2. The molecule has 0 bridgehead atoms. The minimum absolute atomic E-state index is 0.115. The lowest BCUT2D eigenvalue weighted by Crippen LogP contribution is -2.26. The van der Waals surface area contributed by atoms with Crippen molar-refractivity contribution in [3.05, 3.63) is 83.8 Å². The smallest absolute Gasteiger partial charge is 0.232 e. The molecule has 2 amide bonds. The number of carbonyl (C=O) groups is 2. The van der Waals surface area contributed by atoms with Crippen molar-refractivity contribution in [2.24, 2.45) is 0 Å². The third kappa shape index (κ3) is 4.57. The van der Waals surface area contributed by atoms with E-state index in [2.05, 4.69) is 15.4 Å². The van der Waals surface area contributed by atoms with Crippen molar-refractivity contribution in [3.8, 4) is 0 Å². The Morgan fingerprint density at radius 2 is 1.94 bits per heavy atom. The van der Waals surface area contributed by atoms with E-state index in [1.807, 2.05) is 30.3 Å². The van der Waals surface area contributed by atoms with Crippen molar-refractivity contribution >= 4 is 46.1 Å². The molecule has 0 fully saturated rings. The number of hydrogen-bond acceptors (Lipinski definition) is 4. The topological polar surface area (TPSA) is 79.6 Å². The van der Waals surface area contributed by atoms with Crippen molar-refractivity contribution in [3.63, 3.8) is 0 Å². The van der Waals surface area contributed by atoms with Crippen LogP contribution in [0.15, 0.2) is 73.2 Å². The molecule has 0 saturated carbocycles. The van der Waals surface area contributed by atoms with Gasteiger partial charge in [-0.25, -0.2) is 9.50 Å². The molecule has 1 aromatic carbocycles. The lowest BCUT2D eigenvalue weighted by molar-refractivity contribution is -0.117. The Morgan fingerprint density at radius 3 is 2.74 bits per heavy atom. The largest absolute Gasteiger partial charge is 0.326 e. The third-order valence-corrected chi connectivity index (χ3v) is 5.13. The molecule has 31 heavy (non-hydrogen) atoms. The molecule has 0 saturated heterocycles. The number of benzene rings is 1. The van der Waals surface area contributed by atoms with Gasteiger partial charge >= 0.3 is 0 Å². The quantitative estimate of drug-likeness (QED) is 0.480. The Balaban J connectivity index is 1.60. The molecule has 1 N–H and O–H groups in total. The fraction of sp³-hybridized carbons (Fsp3) is 0.130. The first-order valence-electron chi connectivity index (χ1n) is 9.81. The highest BCUT2D eigenvalue weighted by atomic mass is 35.5. The van der Waals surface area contributed by atoms with Crippen molar-refractivity contribution in [2.45, 2.75) is 19.8 Å². The lowest BCUT2D eigenvalue weighted by Gasteiger charge is -2.22. The zero-order valence-electron chi connectivity index (χ0n) is 16.8. The zero-order chi connectivity index (χ0) is 21.8. The molecule has 0 spiro atoms. The monoisotopic (exact) mass is 433 g/mol. The molecule has 3 aromatic heterocycles. The van der Waals surface area contributed by atoms with Gasteiger partial charge in [-0.2, -0.15) is 5.10 Å². The van der Waals surface area contributed by atoms with E-state index in [0.717, 1.165) is 11.1 Å². The number of halogens is 1. The van der Waals surface area contributed by atoms with Crippen LogP contribution in [-0.4, -0.2) is 26.4 Å². The van der Waals surface area contributed by atoms with Crippen molar-refractivity contribution in [1.29, 1.82) is 0 Å². The van der Waals surface area contributed by atoms with Crippen LogP contribution in [0, 0.1) is 0 Å². The molecule has 4 aromatic rings. The second-order valence-electron chi connectivity index (χ2n) is 6.89. The van der Waals surface area contributed by atoms with E-state index in [-0.39, 0.29) is 18.2 Å². The number of pyridine rings is 2. The number of nitrogens with zero attached hydrogens (tertiary/aromatic N) is 4. The van der Waals surface area contributed by atoms with Crippen LogP contribution in [0.4, 0.5) is 17.2 Å². The maximum Gasteiger partial charge on any atom is 0.232 e. The predicted octanol–water partition coefficient (Wildman–Crippen LogP) is 4.64. The van der Waals surface area contributed by atoms with Crippen molar-refractivity contribution < 1.29 is 9.59 Å². The number of hydrogen-bond donors (Lipinski definition) is 1. The predicted molar refractivity (Wildman–Crippen MR) is 121 cm³/mol. The van der Waals surface area contributed by atoms with Crippen LogP contribution in [-0.2, 0) is 16.0 Å². The highest BCUT2D eigenvalue weighted by Gasteiger charge is 2.19. The Kier molecular flexibility index (Phi) is 5.95. The molecule has 3 heterocycles. The van der Waals surface area contributed by atoms with Crippen LogP contribution >= 0.6 is 11.6 Å². The van der Waals surface area contributed by atoms with Gasteiger partial charge in [0, 0.05) is 41.8 Å². The molecule has 7 nitrogen and oxygen atoms in total. The van der Waals surface area contributed by atoms with Gasteiger partial charge in [-0.1, -0.05) is 36.7 Å². The average molecular weight is 434 g/mol. The molecule has 0 aliphatic rings. The van der Waals surface area contributed by atoms with E-state index in [9.17, 15) is 9.59 Å². The van der Waals surface area contributed by atoms with Crippen LogP contribution in [0.1, 0.15) is 18.9 Å². The van der Waals surface area contributed by atoms with E-state index in [4.69, 9.17) is 11.6 Å². The normalized spacial score (nSPS) is 10.8. The lowest BCUT2D eigenvalue weighted by atomic mass is 10.1. The summed E-state index contributed by atoms with van der Waals surface area (Å²) in [4.78, 5) is 31.2. The summed E-state index contributed by atoms with van der Waals surface area (Å²) >= 11 is 6.15. The minimum atomic E-state index is -0.209. The third-order valence-electron chi connectivity index (χ3n) is 4.76. The summed E-state index contributed by atoms with van der Waals surface area (Å²) in [5.74, 6) is 0.0986. The fourth-order valence-corrected chi connectivity index (χ4v) is 3.45. The van der Waals surface area contributed by atoms with Gasteiger partial charge in [0.05, 0.1) is 17.6 Å². The van der Waals surface area contributed by atoms with E-state index >= 15 is 0 Å². The Bertz CT molecular complexity index is 1250. The number of fused-ring (bicyclic) bond motifs is 1. The summed E-state index contributed by atoms with van der Waals surface area (Å²) in [7, 11) is 0. The van der Waals surface area contributed by atoms with Gasteiger partial charge in [0.1, 0.15) is 5.82 Å². The van der Waals surface area contributed by atoms with Gasteiger partial charge in [-0.3, -0.25) is 14.5 Å². The van der Waals surface area contributed by atoms with Gasteiger partial charge in [0.2, 0.25) is 11.8 Å². The molecule has 8 heteroatoms. The van der Waals surface area contributed by atoms with Gasteiger partial charge in [-0.15, -0.1) is 0 Å². The first-order chi connectivity index (χ1) is 15.0. The Morgan fingerprint density at radius 1 is 1.10 bits per heavy atom. The minimum Gasteiger partial charge on any atom is -0.326 e. The van der Waals surface area contributed by atoms with Crippen LogP contribution < -0.4 is 10.2 Å². The van der Waals surface area contributed by atoms with Crippen LogP contribution in [0.3, 0.4) is 0 Å². The summed E-state index contributed by atoms with van der Waals surface area (Å²) in [6, 6.07) is 16.1. The van der Waals surface area contributed by atoms with Gasteiger partial charge in [0.15, 0.2) is 0 Å². The fourth-order valence-electron chi connectivity index (χ4n) is 3.25. The molecule has 156 valence electrons. The van der Waals surface area contributed by atoms with E-state index in [1.54, 1.807) is 54.3 Å². The number of nitrogens with one attached hydrogen (secondary N) is 1. The molecule has 4 rings (SSSR count). The molecular formula is C23H20ClN5O2. The second kappa shape index (κ2) is 8.97. The number of aromatic nitrogens is 3. The number of amides is 2. The summed E-state index contributed by atoms with van der Waals surface area (Å²) in [6.07, 6.45) is 5.49. The number of carbonyl (C=O) groups excluding carboxylic acids is 2. The number of anilines is 3. The highest BCUT2D eigenvalue weighted by Crippen LogP contribution is 2.27. The van der Waals surface area contributed by atoms with E-state index < -0.39 is 0 Å². The number of rotatable bonds is 6. The SMILES string of the molecule is CCC(=O)N(c1ccn2nccc2c1)c1cc(NC(=O)Cc2ccccc2Cl)ccn1. The van der Waals surface area contributed by atoms with Crippen molar-refractivity contribution in [1.82, 2.24) is 14.6 Å². The van der Waals surface area contributed by atoms with Crippen molar-refractivity contribution in [2.75, 3.05) is 10.2 Å². The molecular weight excluding hydrogens is 414 g/mol. The molecule has 0 unspecified atom stereocenters. The highest BCUT2D eigenvalue weighted by molar-refractivity contribution is 6.31. The van der Waals surface area contributed by atoms with Gasteiger partial charge in [-0.05, 0) is 35.9 Å². The molecule has 0 radical (unpaired) electrons. The van der Waals surface area contributed by atoms with Gasteiger partial charge < -0.3 is 5.32 Å². The van der Waals surface area contributed by atoms with E-state index in [0.29, 0.717) is 28.6 Å². The van der Waals surface area contributed by atoms with Crippen LogP contribution in [0.25, 0.3) is 5.52 Å². The molecule has 0 atom stereocenters. The average Bonchev–Trinajstić information content (AvgIpc) is 3.24. The second-order valence-corrected chi connectivity index (χ2v) is 7.29. The molecule has 0 aliphatic carbocycles. The standard InChI is InChI=1S/C23H20ClN5O2/c1-2-23(31)29(19-9-12-28-18(15-19)8-11-26-28)21-14-17(7-10-25-21)27-22(30)13-16-5-3-4-6-20(16)24/h3-12,14-15H,2,13H2,1H3,(H,25,27,30). The first kappa shape index (κ1) is 20.6.